The van der Waals surface area contributed by atoms with E-state index in [4.69, 9.17) is 5.73 Å². The van der Waals surface area contributed by atoms with E-state index in [2.05, 4.69) is 23.5 Å². The minimum Gasteiger partial charge on any atom is -0.386 e. The summed E-state index contributed by atoms with van der Waals surface area (Å²) in [7, 11) is 0. The van der Waals surface area contributed by atoms with E-state index in [9.17, 15) is 4.39 Å². The van der Waals surface area contributed by atoms with Crippen LogP contribution in [0.25, 0.3) is 5.57 Å². The van der Waals surface area contributed by atoms with Gasteiger partial charge in [0.25, 0.3) is 0 Å². The number of anilines is 1. The van der Waals surface area contributed by atoms with Gasteiger partial charge in [-0.15, -0.1) is 0 Å². The summed E-state index contributed by atoms with van der Waals surface area (Å²) in [4.78, 5) is 4.23. The van der Waals surface area contributed by atoms with Crippen LogP contribution in [-0.4, -0.2) is 4.98 Å². The van der Waals surface area contributed by atoms with Crippen LogP contribution in [0.1, 0.15) is 16.7 Å². The van der Waals surface area contributed by atoms with Gasteiger partial charge in [0.1, 0.15) is 11.6 Å². The summed E-state index contributed by atoms with van der Waals surface area (Å²) in [5.74, 6) is 0.696. The number of hydrogen-bond acceptors (Lipinski definition) is 3. The summed E-state index contributed by atoms with van der Waals surface area (Å²) >= 11 is 0. The Morgan fingerprint density at radius 3 is 2.55 bits per heavy atom. The van der Waals surface area contributed by atoms with Crippen molar-refractivity contribution < 1.29 is 4.39 Å². The number of nitrogens with two attached hydrogens (primary N) is 1. The van der Waals surface area contributed by atoms with Crippen LogP contribution < -0.4 is 11.1 Å². The van der Waals surface area contributed by atoms with Gasteiger partial charge < -0.3 is 11.1 Å². The maximum atomic E-state index is 13.1. The first-order valence-corrected chi connectivity index (χ1v) is 6.10. The average molecular weight is 269 g/mol. The zero-order chi connectivity index (χ0) is 14.7. The molecule has 2 aromatic rings. The summed E-state index contributed by atoms with van der Waals surface area (Å²) in [6, 6.07) is 8.30. The largest absolute Gasteiger partial charge is 0.386 e. The molecule has 2 rings (SSSR count). The second-order valence-corrected chi connectivity index (χ2v) is 4.52. The summed E-state index contributed by atoms with van der Waals surface area (Å²) in [5.41, 5.74) is 8.86. The van der Waals surface area contributed by atoms with Crippen molar-refractivity contribution >= 4 is 11.4 Å². The molecular weight excluding hydrogens is 253 g/mol. The van der Waals surface area contributed by atoms with Crippen LogP contribution in [0.2, 0.25) is 0 Å². The number of hydrogen-bond donors (Lipinski definition) is 2. The molecule has 3 N–H and O–H groups in total. The molecule has 4 heteroatoms. The third kappa shape index (κ3) is 3.03. The number of rotatable bonds is 4. The van der Waals surface area contributed by atoms with E-state index >= 15 is 0 Å². The Labute approximate surface area is 117 Å². The average Bonchev–Trinajstić information content (AvgIpc) is 2.38. The lowest BCUT2D eigenvalue weighted by Crippen LogP contribution is -2.08. The molecule has 3 nitrogen and oxygen atoms in total. The Kier molecular flexibility index (Phi) is 3.84. The molecular formula is C16H16FN3. The molecule has 0 saturated heterocycles. The molecule has 0 radical (unpaired) electrons. The van der Waals surface area contributed by atoms with Gasteiger partial charge in [0, 0.05) is 11.8 Å². The number of aromatic nitrogens is 1. The number of aryl methyl sites for hydroxylation is 1. The first-order valence-electron chi connectivity index (χ1n) is 6.10. The second-order valence-electron chi connectivity index (χ2n) is 4.52. The van der Waals surface area contributed by atoms with Gasteiger partial charge >= 0.3 is 0 Å². The molecule has 0 spiro atoms. The van der Waals surface area contributed by atoms with Crippen molar-refractivity contribution in [3.8, 4) is 0 Å². The summed E-state index contributed by atoms with van der Waals surface area (Å²) < 4.78 is 13.1. The molecule has 1 aromatic carbocycles. The van der Waals surface area contributed by atoms with E-state index in [1.807, 2.05) is 13.0 Å². The number of nitrogens with zero attached hydrogens (tertiary/aromatic N) is 1. The normalized spacial score (nSPS) is 10.1. The fourth-order valence-electron chi connectivity index (χ4n) is 1.93. The zero-order valence-electron chi connectivity index (χ0n) is 11.3. The van der Waals surface area contributed by atoms with Crippen molar-refractivity contribution in [1.82, 2.24) is 4.98 Å². The van der Waals surface area contributed by atoms with Gasteiger partial charge in [-0.1, -0.05) is 19.2 Å². The highest BCUT2D eigenvalue weighted by Gasteiger charge is 2.07. The molecule has 0 atom stereocenters. The van der Waals surface area contributed by atoms with Gasteiger partial charge in [-0.2, -0.15) is 0 Å². The van der Waals surface area contributed by atoms with Crippen molar-refractivity contribution in [3.05, 3.63) is 78.0 Å². The molecule has 0 amide bonds. The first kappa shape index (κ1) is 13.8. The Hall–Kier alpha value is -2.62. The fourth-order valence-corrected chi connectivity index (χ4v) is 1.93. The Balaban J connectivity index is 2.27. The SMILES string of the molecule is C=C(N)Nc1ccc(C(=C)c2ccc(F)cc2C)cn1. The van der Waals surface area contributed by atoms with Crippen molar-refractivity contribution in [2.24, 2.45) is 5.73 Å². The molecule has 0 unspecified atom stereocenters. The van der Waals surface area contributed by atoms with E-state index in [0.29, 0.717) is 11.6 Å². The van der Waals surface area contributed by atoms with Gasteiger partial charge in [0.15, 0.2) is 0 Å². The molecule has 1 aromatic heterocycles. The number of benzene rings is 1. The predicted molar refractivity (Wildman–Crippen MR) is 80.5 cm³/mol. The van der Waals surface area contributed by atoms with E-state index in [1.54, 1.807) is 18.3 Å². The smallest absolute Gasteiger partial charge is 0.131 e. The molecule has 20 heavy (non-hydrogen) atoms. The van der Waals surface area contributed by atoms with Crippen LogP contribution in [0.5, 0.6) is 0 Å². The van der Waals surface area contributed by atoms with Crippen LogP contribution in [0.4, 0.5) is 10.2 Å². The van der Waals surface area contributed by atoms with Crippen molar-refractivity contribution in [2.75, 3.05) is 5.32 Å². The van der Waals surface area contributed by atoms with E-state index < -0.39 is 0 Å². The van der Waals surface area contributed by atoms with E-state index in [-0.39, 0.29) is 5.82 Å². The van der Waals surface area contributed by atoms with Crippen LogP contribution in [0, 0.1) is 12.7 Å². The third-order valence-corrected chi connectivity index (χ3v) is 2.91. The lowest BCUT2D eigenvalue weighted by atomic mass is 9.97. The lowest BCUT2D eigenvalue weighted by molar-refractivity contribution is 0.626. The molecule has 0 fully saturated rings. The molecule has 0 aliphatic heterocycles. The highest BCUT2D eigenvalue weighted by atomic mass is 19.1. The van der Waals surface area contributed by atoms with Gasteiger partial charge in [-0.3, -0.25) is 0 Å². The second kappa shape index (κ2) is 5.57. The minimum absolute atomic E-state index is 0.252. The van der Waals surface area contributed by atoms with Crippen LogP contribution >= 0.6 is 0 Å². The van der Waals surface area contributed by atoms with Crippen molar-refractivity contribution in [3.63, 3.8) is 0 Å². The van der Waals surface area contributed by atoms with Gasteiger partial charge in [0.2, 0.25) is 0 Å². The highest BCUT2D eigenvalue weighted by molar-refractivity contribution is 5.79. The predicted octanol–water partition coefficient (Wildman–Crippen LogP) is 3.43. The van der Waals surface area contributed by atoms with E-state index in [0.717, 1.165) is 22.3 Å². The van der Waals surface area contributed by atoms with Gasteiger partial charge in [0.05, 0.1) is 5.82 Å². The topological polar surface area (TPSA) is 50.9 Å². The molecule has 0 saturated carbocycles. The van der Waals surface area contributed by atoms with Crippen LogP contribution in [-0.2, 0) is 0 Å². The fraction of sp³-hybridized carbons (Fsp3) is 0.0625. The molecule has 0 aliphatic carbocycles. The van der Waals surface area contributed by atoms with Crippen molar-refractivity contribution in [2.45, 2.75) is 6.92 Å². The van der Waals surface area contributed by atoms with Crippen LogP contribution in [0.3, 0.4) is 0 Å². The third-order valence-electron chi connectivity index (χ3n) is 2.91. The monoisotopic (exact) mass is 269 g/mol. The maximum absolute atomic E-state index is 13.1. The first-order chi connectivity index (χ1) is 9.47. The van der Waals surface area contributed by atoms with Gasteiger partial charge in [-0.25, -0.2) is 9.37 Å². The highest BCUT2D eigenvalue weighted by Crippen LogP contribution is 2.25. The standard InChI is InChI=1S/C16H16FN3/c1-10-8-14(17)5-6-15(10)11(2)13-4-7-16(19-9-13)20-12(3)18/h4-9H,2-3,18H2,1H3,(H,19,20). The van der Waals surface area contributed by atoms with E-state index in [1.165, 1.54) is 12.1 Å². The molecule has 1 heterocycles. The zero-order valence-corrected chi connectivity index (χ0v) is 11.3. The maximum Gasteiger partial charge on any atom is 0.131 e. The number of nitrogens with one attached hydrogen (secondary N) is 1. The molecule has 102 valence electrons. The molecule has 0 bridgehead atoms. The van der Waals surface area contributed by atoms with Crippen LogP contribution in [0.15, 0.2) is 55.5 Å². The summed E-state index contributed by atoms with van der Waals surface area (Å²) in [5, 5.41) is 2.82. The minimum atomic E-state index is -0.252. The van der Waals surface area contributed by atoms with Crippen molar-refractivity contribution in [1.29, 1.82) is 0 Å². The number of pyridine rings is 1. The molecule has 0 aliphatic rings. The Morgan fingerprint density at radius 2 is 2.00 bits per heavy atom. The van der Waals surface area contributed by atoms with Gasteiger partial charge in [-0.05, 0) is 47.9 Å². The summed E-state index contributed by atoms with van der Waals surface area (Å²) in [6.45, 7) is 9.45. The quantitative estimate of drug-likeness (QED) is 0.894. The lowest BCUT2D eigenvalue weighted by Gasteiger charge is -2.10. The number of halogens is 1. The Morgan fingerprint density at radius 1 is 1.25 bits per heavy atom. The summed E-state index contributed by atoms with van der Waals surface area (Å²) in [6.07, 6.45) is 1.69. The Bertz CT molecular complexity index is 660.